The van der Waals surface area contributed by atoms with Crippen LogP contribution in [-0.4, -0.2) is 25.3 Å². The molecule has 8 heteroatoms. The fraction of sp³-hybridized carbons (Fsp3) is 0.235. The molecule has 0 aliphatic heterocycles. The van der Waals surface area contributed by atoms with Crippen LogP contribution in [0, 0.1) is 0 Å². The molecule has 0 saturated heterocycles. The smallest absolute Gasteiger partial charge is 0.332 e. The number of imidazole rings is 1. The standard InChI is InChI=1S/C17H15F3N4S/c1-3-25-14-5-4-7-22-15(14)16-23-13(10-24(16)2)12-9-11(6-8-21-12)17(18,19)20/h4-10H,3H2,1-2H3. The first-order valence-corrected chi connectivity index (χ1v) is 8.54. The first-order valence-electron chi connectivity index (χ1n) is 7.55. The Kier molecular flexibility index (Phi) is 4.80. The Morgan fingerprint density at radius 2 is 1.92 bits per heavy atom. The van der Waals surface area contributed by atoms with Crippen molar-refractivity contribution in [2.45, 2.75) is 18.0 Å². The van der Waals surface area contributed by atoms with Crippen LogP contribution in [0.25, 0.3) is 22.9 Å². The van der Waals surface area contributed by atoms with Crippen molar-refractivity contribution in [1.29, 1.82) is 0 Å². The van der Waals surface area contributed by atoms with Crippen molar-refractivity contribution in [1.82, 2.24) is 19.5 Å². The molecule has 3 aromatic heterocycles. The average Bonchev–Trinajstić information content (AvgIpc) is 2.97. The number of nitrogens with zero attached hydrogens (tertiary/aromatic N) is 4. The Morgan fingerprint density at radius 3 is 2.64 bits per heavy atom. The molecule has 3 rings (SSSR count). The minimum absolute atomic E-state index is 0.178. The molecule has 0 fully saturated rings. The van der Waals surface area contributed by atoms with Crippen molar-refractivity contribution in [3.05, 3.63) is 48.4 Å². The first-order chi connectivity index (χ1) is 11.9. The van der Waals surface area contributed by atoms with E-state index in [0.717, 1.165) is 29.0 Å². The molecule has 3 heterocycles. The third-order valence-electron chi connectivity index (χ3n) is 3.51. The van der Waals surface area contributed by atoms with E-state index in [2.05, 4.69) is 15.0 Å². The molecular formula is C17H15F3N4S. The van der Waals surface area contributed by atoms with Gasteiger partial charge in [0.25, 0.3) is 0 Å². The van der Waals surface area contributed by atoms with Crippen LogP contribution in [0.2, 0.25) is 0 Å². The highest BCUT2D eigenvalue weighted by Gasteiger charge is 2.31. The monoisotopic (exact) mass is 364 g/mol. The summed E-state index contributed by atoms with van der Waals surface area (Å²) in [6.07, 6.45) is 0.0612. The summed E-state index contributed by atoms with van der Waals surface area (Å²) in [6, 6.07) is 5.75. The van der Waals surface area contributed by atoms with Crippen molar-refractivity contribution in [2.75, 3.05) is 5.75 Å². The molecular weight excluding hydrogens is 349 g/mol. The lowest BCUT2D eigenvalue weighted by atomic mass is 10.2. The summed E-state index contributed by atoms with van der Waals surface area (Å²) in [5.41, 5.74) is 0.513. The predicted octanol–water partition coefficient (Wildman–Crippen LogP) is 4.67. The molecule has 3 aromatic rings. The Balaban J connectivity index is 2.05. The second-order valence-corrected chi connectivity index (χ2v) is 6.58. The highest BCUT2D eigenvalue weighted by molar-refractivity contribution is 7.99. The van der Waals surface area contributed by atoms with Crippen LogP contribution in [0.5, 0.6) is 0 Å². The maximum absolute atomic E-state index is 12.9. The van der Waals surface area contributed by atoms with Crippen molar-refractivity contribution in [2.24, 2.45) is 7.05 Å². The van der Waals surface area contributed by atoms with Crippen LogP contribution in [0.3, 0.4) is 0 Å². The number of thioether (sulfide) groups is 1. The van der Waals surface area contributed by atoms with E-state index in [0.29, 0.717) is 17.2 Å². The lowest BCUT2D eigenvalue weighted by molar-refractivity contribution is -0.137. The molecule has 0 aliphatic carbocycles. The second kappa shape index (κ2) is 6.87. The summed E-state index contributed by atoms with van der Waals surface area (Å²) >= 11 is 1.64. The molecule has 25 heavy (non-hydrogen) atoms. The molecule has 130 valence electrons. The molecule has 0 unspecified atom stereocenters. The molecule has 0 amide bonds. The van der Waals surface area contributed by atoms with Gasteiger partial charge in [0.1, 0.15) is 11.4 Å². The van der Waals surface area contributed by atoms with E-state index < -0.39 is 11.7 Å². The van der Waals surface area contributed by atoms with E-state index in [1.54, 1.807) is 35.8 Å². The number of hydrogen-bond acceptors (Lipinski definition) is 4. The van der Waals surface area contributed by atoms with Crippen LogP contribution >= 0.6 is 11.8 Å². The van der Waals surface area contributed by atoms with Crippen LogP contribution < -0.4 is 0 Å². The molecule has 0 bridgehead atoms. The van der Waals surface area contributed by atoms with Crippen molar-refractivity contribution in [3.63, 3.8) is 0 Å². The maximum Gasteiger partial charge on any atom is 0.416 e. The molecule has 0 N–H and O–H groups in total. The quantitative estimate of drug-likeness (QED) is 0.631. The molecule has 0 aromatic carbocycles. The maximum atomic E-state index is 12.9. The Labute approximate surface area is 147 Å². The highest BCUT2D eigenvalue weighted by Crippen LogP contribution is 2.33. The van der Waals surface area contributed by atoms with Gasteiger partial charge in [-0.05, 0) is 30.0 Å². The fourth-order valence-electron chi connectivity index (χ4n) is 2.39. The number of aromatic nitrogens is 4. The van der Waals surface area contributed by atoms with Crippen LogP contribution in [-0.2, 0) is 13.2 Å². The van der Waals surface area contributed by atoms with Gasteiger partial charge in [0, 0.05) is 30.5 Å². The van der Waals surface area contributed by atoms with Gasteiger partial charge in [-0.2, -0.15) is 13.2 Å². The molecule has 0 spiro atoms. The Bertz CT molecular complexity index is 890. The van der Waals surface area contributed by atoms with E-state index in [-0.39, 0.29) is 5.69 Å². The molecule has 4 nitrogen and oxygen atoms in total. The number of alkyl halides is 3. The summed E-state index contributed by atoms with van der Waals surface area (Å²) in [4.78, 5) is 13.9. The van der Waals surface area contributed by atoms with Gasteiger partial charge in [0.2, 0.25) is 0 Å². The SMILES string of the molecule is CCSc1cccnc1-c1nc(-c2cc(C(F)(F)F)ccn2)cn1C. The lowest BCUT2D eigenvalue weighted by Gasteiger charge is -2.07. The van der Waals surface area contributed by atoms with Crippen molar-refractivity contribution in [3.8, 4) is 22.9 Å². The summed E-state index contributed by atoms with van der Waals surface area (Å²) in [7, 11) is 1.79. The van der Waals surface area contributed by atoms with Gasteiger partial charge in [-0.25, -0.2) is 4.98 Å². The summed E-state index contributed by atoms with van der Waals surface area (Å²) < 4.78 is 40.5. The highest BCUT2D eigenvalue weighted by atomic mass is 32.2. The normalized spacial score (nSPS) is 11.7. The minimum atomic E-state index is -4.42. The predicted molar refractivity (Wildman–Crippen MR) is 91.1 cm³/mol. The zero-order chi connectivity index (χ0) is 18.0. The topological polar surface area (TPSA) is 43.6 Å². The molecule has 0 aliphatic rings. The van der Waals surface area contributed by atoms with Crippen molar-refractivity contribution < 1.29 is 13.2 Å². The summed E-state index contributed by atoms with van der Waals surface area (Å²) in [5.74, 6) is 1.47. The molecule has 0 saturated carbocycles. The zero-order valence-electron chi connectivity index (χ0n) is 13.6. The fourth-order valence-corrected chi connectivity index (χ4v) is 3.15. The zero-order valence-corrected chi connectivity index (χ0v) is 14.4. The van der Waals surface area contributed by atoms with Gasteiger partial charge < -0.3 is 4.57 Å². The number of aryl methyl sites for hydroxylation is 1. The summed E-state index contributed by atoms with van der Waals surface area (Å²) in [5, 5.41) is 0. The van der Waals surface area contributed by atoms with Gasteiger partial charge in [-0.15, -0.1) is 11.8 Å². The van der Waals surface area contributed by atoms with E-state index in [1.807, 2.05) is 19.1 Å². The minimum Gasteiger partial charge on any atom is -0.332 e. The van der Waals surface area contributed by atoms with Gasteiger partial charge in [0.05, 0.1) is 11.3 Å². The Hall–Kier alpha value is -2.35. The van der Waals surface area contributed by atoms with E-state index in [9.17, 15) is 13.2 Å². The number of halogens is 3. The van der Waals surface area contributed by atoms with Crippen LogP contribution in [0.4, 0.5) is 13.2 Å². The number of pyridine rings is 2. The van der Waals surface area contributed by atoms with Crippen LogP contribution in [0.1, 0.15) is 12.5 Å². The molecule has 0 atom stereocenters. The van der Waals surface area contributed by atoms with E-state index >= 15 is 0 Å². The van der Waals surface area contributed by atoms with Gasteiger partial charge in [-0.3, -0.25) is 9.97 Å². The van der Waals surface area contributed by atoms with Gasteiger partial charge >= 0.3 is 6.18 Å². The van der Waals surface area contributed by atoms with Gasteiger partial charge in [0.15, 0.2) is 5.82 Å². The third-order valence-corrected chi connectivity index (χ3v) is 4.44. The third kappa shape index (κ3) is 3.68. The summed E-state index contributed by atoms with van der Waals surface area (Å²) in [6.45, 7) is 2.04. The number of rotatable bonds is 4. The van der Waals surface area contributed by atoms with E-state index in [4.69, 9.17) is 0 Å². The van der Waals surface area contributed by atoms with Crippen molar-refractivity contribution >= 4 is 11.8 Å². The average molecular weight is 364 g/mol. The molecule has 0 radical (unpaired) electrons. The second-order valence-electron chi connectivity index (χ2n) is 5.27. The van der Waals surface area contributed by atoms with Crippen LogP contribution in [0.15, 0.2) is 47.8 Å². The van der Waals surface area contributed by atoms with E-state index in [1.165, 1.54) is 0 Å². The number of hydrogen-bond donors (Lipinski definition) is 0. The largest absolute Gasteiger partial charge is 0.416 e. The first kappa shape index (κ1) is 17.5. The Morgan fingerprint density at radius 1 is 1.12 bits per heavy atom. The lowest BCUT2D eigenvalue weighted by Crippen LogP contribution is -2.05. The van der Waals surface area contributed by atoms with Gasteiger partial charge in [-0.1, -0.05) is 6.92 Å².